The molecule has 0 fully saturated rings. The highest BCUT2D eigenvalue weighted by atomic mass is 35.5. The Hall–Kier alpha value is -1.64. The number of hydrogen-bond acceptors (Lipinski definition) is 4. The second-order valence-electron chi connectivity index (χ2n) is 4.55. The molecule has 0 aromatic heterocycles. The summed E-state index contributed by atoms with van der Waals surface area (Å²) < 4.78 is 0. The SMILES string of the molecule is CCN(C(N)=S)c1ccc(C(C)N(C)C)cc1.Cl.O=[N+]([O-])O. The van der Waals surface area contributed by atoms with Gasteiger partial charge in [0.2, 0.25) is 0 Å². The van der Waals surface area contributed by atoms with Crippen LogP contribution < -0.4 is 10.6 Å². The average molecular weight is 351 g/mol. The van der Waals surface area contributed by atoms with Crippen LogP contribution in [0, 0.1) is 10.1 Å². The molecule has 1 aromatic carbocycles. The Bertz CT molecular complexity index is 467. The smallest absolute Gasteiger partial charge is 0.291 e. The third kappa shape index (κ3) is 7.96. The summed E-state index contributed by atoms with van der Waals surface area (Å²) in [6, 6.07) is 8.79. The fourth-order valence-electron chi connectivity index (χ4n) is 1.70. The molecular formula is C13H23ClN4O3S. The Balaban J connectivity index is 0. The maximum Gasteiger partial charge on any atom is 0.291 e. The highest BCUT2D eigenvalue weighted by Crippen LogP contribution is 2.21. The minimum atomic E-state index is -1.50. The molecule has 0 amide bonds. The summed E-state index contributed by atoms with van der Waals surface area (Å²) >= 11 is 5.02. The molecule has 1 unspecified atom stereocenters. The van der Waals surface area contributed by atoms with Crippen LogP contribution in [0.3, 0.4) is 0 Å². The maximum absolute atomic E-state index is 8.36. The van der Waals surface area contributed by atoms with Gasteiger partial charge in [-0.15, -0.1) is 22.5 Å². The molecule has 22 heavy (non-hydrogen) atoms. The van der Waals surface area contributed by atoms with Gasteiger partial charge in [-0.2, -0.15) is 0 Å². The predicted octanol–water partition coefficient (Wildman–Crippen LogP) is 2.45. The standard InChI is InChI=1S/C13H21N3S.ClH.HNO3/c1-5-16(13(14)17)12-8-6-11(7-9-12)10(2)15(3)4;;2-1(3)4/h6-10H,5H2,1-4H3,(H2,14,17);1H;(H,2,3,4). The van der Waals surface area contributed by atoms with Crippen molar-refractivity contribution in [1.82, 2.24) is 4.90 Å². The Kier molecular flexibility index (Phi) is 11.3. The number of nitrogens with zero attached hydrogens (tertiary/aromatic N) is 3. The van der Waals surface area contributed by atoms with E-state index in [9.17, 15) is 0 Å². The average Bonchev–Trinajstić information content (AvgIpc) is 2.38. The molecule has 1 rings (SSSR count). The number of rotatable bonds is 4. The fraction of sp³-hybridized carbons (Fsp3) is 0.462. The molecule has 1 aromatic rings. The summed E-state index contributed by atoms with van der Waals surface area (Å²) in [5.41, 5.74) is 8.01. The van der Waals surface area contributed by atoms with Crippen molar-refractivity contribution in [3.05, 3.63) is 39.9 Å². The van der Waals surface area contributed by atoms with Crippen LogP contribution in [0.4, 0.5) is 5.69 Å². The number of nitrogens with two attached hydrogens (primary N) is 1. The van der Waals surface area contributed by atoms with Gasteiger partial charge in [-0.05, 0) is 57.9 Å². The zero-order valence-corrected chi connectivity index (χ0v) is 14.7. The molecular weight excluding hydrogens is 328 g/mol. The van der Waals surface area contributed by atoms with Crippen LogP contribution in [0.15, 0.2) is 24.3 Å². The summed E-state index contributed by atoms with van der Waals surface area (Å²) in [6.45, 7) is 5.01. The Morgan fingerprint density at radius 2 is 1.82 bits per heavy atom. The number of thiocarbonyl (C=S) groups is 1. The molecule has 0 aliphatic carbocycles. The van der Waals surface area contributed by atoms with Crippen molar-refractivity contribution in [2.75, 3.05) is 25.5 Å². The monoisotopic (exact) mass is 350 g/mol. The van der Waals surface area contributed by atoms with Gasteiger partial charge in [-0.25, -0.2) is 0 Å². The lowest BCUT2D eigenvalue weighted by molar-refractivity contribution is -0.742. The highest BCUT2D eigenvalue weighted by molar-refractivity contribution is 7.80. The Morgan fingerprint density at radius 1 is 1.41 bits per heavy atom. The summed E-state index contributed by atoms with van der Waals surface area (Å²) in [6.07, 6.45) is 0. The lowest BCUT2D eigenvalue weighted by Crippen LogP contribution is -2.35. The highest BCUT2D eigenvalue weighted by Gasteiger charge is 2.10. The predicted molar refractivity (Wildman–Crippen MR) is 94.4 cm³/mol. The van der Waals surface area contributed by atoms with Gasteiger partial charge in [-0.1, -0.05) is 12.1 Å². The van der Waals surface area contributed by atoms with Crippen molar-refractivity contribution in [3.63, 3.8) is 0 Å². The van der Waals surface area contributed by atoms with E-state index in [0.717, 1.165) is 12.2 Å². The van der Waals surface area contributed by atoms with Gasteiger partial charge in [0.1, 0.15) is 0 Å². The van der Waals surface area contributed by atoms with Crippen LogP contribution in [0.25, 0.3) is 0 Å². The van der Waals surface area contributed by atoms with E-state index in [2.05, 4.69) is 50.2 Å². The zero-order chi connectivity index (χ0) is 16.6. The van der Waals surface area contributed by atoms with Gasteiger partial charge in [0.15, 0.2) is 5.11 Å². The normalized spacial score (nSPS) is 10.8. The van der Waals surface area contributed by atoms with Crippen LogP contribution in [-0.4, -0.2) is 40.9 Å². The van der Waals surface area contributed by atoms with E-state index in [0.29, 0.717) is 11.2 Å². The Morgan fingerprint density at radius 3 is 2.09 bits per heavy atom. The van der Waals surface area contributed by atoms with E-state index in [-0.39, 0.29) is 12.4 Å². The summed E-state index contributed by atoms with van der Waals surface area (Å²) in [7, 11) is 4.15. The molecule has 3 N–H and O–H groups in total. The van der Waals surface area contributed by atoms with Gasteiger partial charge in [-0.3, -0.25) is 0 Å². The second-order valence-corrected chi connectivity index (χ2v) is 4.97. The third-order valence-electron chi connectivity index (χ3n) is 3.04. The molecule has 0 saturated heterocycles. The number of hydrogen-bond donors (Lipinski definition) is 2. The summed E-state index contributed by atoms with van der Waals surface area (Å²) in [5, 5.41) is 14.1. The molecule has 0 saturated carbocycles. The fourth-order valence-corrected chi connectivity index (χ4v) is 1.93. The van der Waals surface area contributed by atoms with Crippen molar-refractivity contribution >= 4 is 35.4 Å². The molecule has 0 heterocycles. The van der Waals surface area contributed by atoms with Crippen LogP contribution in [-0.2, 0) is 0 Å². The van der Waals surface area contributed by atoms with Crippen molar-refractivity contribution in [3.8, 4) is 0 Å². The maximum atomic E-state index is 8.36. The zero-order valence-electron chi connectivity index (χ0n) is 13.1. The molecule has 0 bridgehead atoms. The van der Waals surface area contributed by atoms with E-state index < -0.39 is 5.09 Å². The molecule has 0 aliphatic rings. The van der Waals surface area contributed by atoms with Crippen LogP contribution in [0.2, 0.25) is 0 Å². The van der Waals surface area contributed by atoms with Gasteiger partial charge in [0.05, 0.1) is 0 Å². The molecule has 1 atom stereocenters. The van der Waals surface area contributed by atoms with Crippen LogP contribution in [0.1, 0.15) is 25.5 Å². The summed E-state index contributed by atoms with van der Waals surface area (Å²) in [4.78, 5) is 12.5. The quantitative estimate of drug-likeness (QED) is 0.489. The topological polar surface area (TPSA) is 95.9 Å². The van der Waals surface area contributed by atoms with Gasteiger partial charge in [0.25, 0.3) is 5.09 Å². The lowest BCUT2D eigenvalue weighted by atomic mass is 10.1. The first-order valence-electron chi connectivity index (χ1n) is 6.37. The molecule has 126 valence electrons. The first-order chi connectivity index (χ1) is 9.70. The van der Waals surface area contributed by atoms with E-state index in [1.807, 2.05) is 11.8 Å². The molecule has 0 aliphatic heterocycles. The molecule has 9 heteroatoms. The van der Waals surface area contributed by atoms with E-state index in [1.54, 1.807) is 0 Å². The minimum Gasteiger partial charge on any atom is -0.376 e. The third-order valence-corrected chi connectivity index (χ3v) is 3.26. The van der Waals surface area contributed by atoms with Gasteiger partial charge >= 0.3 is 0 Å². The minimum absolute atomic E-state index is 0. The van der Waals surface area contributed by atoms with Crippen molar-refractivity contribution < 1.29 is 10.3 Å². The van der Waals surface area contributed by atoms with Crippen molar-refractivity contribution in [2.45, 2.75) is 19.9 Å². The first kappa shape index (κ1) is 22.6. The van der Waals surface area contributed by atoms with Crippen molar-refractivity contribution in [1.29, 1.82) is 0 Å². The number of benzene rings is 1. The first-order valence-corrected chi connectivity index (χ1v) is 6.78. The van der Waals surface area contributed by atoms with Gasteiger partial charge in [0, 0.05) is 18.3 Å². The van der Waals surface area contributed by atoms with E-state index in [4.69, 9.17) is 33.3 Å². The number of anilines is 1. The van der Waals surface area contributed by atoms with Crippen LogP contribution >= 0.6 is 24.6 Å². The van der Waals surface area contributed by atoms with E-state index in [1.165, 1.54) is 5.56 Å². The lowest BCUT2D eigenvalue weighted by Gasteiger charge is -2.23. The van der Waals surface area contributed by atoms with Crippen molar-refractivity contribution in [2.24, 2.45) is 5.73 Å². The summed E-state index contributed by atoms with van der Waals surface area (Å²) in [5.74, 6) is 0. The largest absolute Gasteiger partial charge is 0.376 e. The van der Waals surface area contributed by atoms with Crippen LogP contribution in [0.5, 0.6) is 0 Å². The van der Waals surface area contributed by atoms with E-state index >= 15 is 0 Å². The second kappa shape index (κ2) is 11.0. The Labute approximate surface area is 142 Å². The van der Waals surface area contributed by atoms with Gasteiger partial charge < -0.3 is 20.7 Å². The molecule has 0 radical (unpaired) electrons. The molecule has 0 spiro atoms. The molecule has 7 nitrogen and oxygen atoms in total. The number of halogens is 1.